The smallest absolute Gasteiger partial charge is 0.410 e. The summed E-state index contributed by atoms with van der Waals surface area (Å²) in [6.45, 7) is 15.0. The zero-order valence-electron chi connectivity index (χ0n) is 19.2. The zero-order chi connectivity index (χ0) is 22.1. The molecule has 30 heavy (non-hydrogen) atoms. The fraction of sp³-hybridized carbons (Fsp3) is 0.818. The third kappa shape index (κ3) is 3.94. The lowest BCUT2D eigenvalue weighted by Gasteiger charge is -2.58. The maximum atomic E-state index is 12.3. The van der Waals surface area contributed by atoms with Gasteiger partial charge < -0.3 is 20.3 Å². The first-order valence-corrected chi connectivity index (χ1v) is 12.1. The predicted octanol–water partition coefficient (Wildman–Crippen LogP) is 4.07. The van der Waals surface area contributed by atoms with E-state index in [2.05, 4.69) is 52.9 Å². The van der Waals surface area contributed by atoms with Crippen LogP contribution >= 0.6 is 22.6 Å². The molecule has 3 fully saturated rings. The van der Waals surface area contributed by atoms with Gasteiger partial charge in [0.05, 0.1) is 15.3 Å². The number of amides is 1. The van der Waals surface area contributed by atoms with E-state index >= 15 is 0 Å². The van der Waals surface area contributed by atoms with Gasteiger partial charge in [-0.25, -0.2) is 4.79 Å². The Labute approximate surface area is 193 Å². The Balaban J connectivity index is 1.41. The van der Waals surface area contributed by atoms with Crippen LogP contribution in [0.5, 0.6) is 0 Å². The third-order valence-corrected chi connectivity index (χ3v) is 8.18. The summed E-state index contributed by atoms with van der Waals surface area (Å²) in [5.74, 6) is 1.11. The molecule has 0 radical (unpaired) electrons. The van der Waals surface area contributed by atoms with Crippen molar-refractivity contribution >= 4 is 34.5 Å². The lowest BCUT2D eigenvalue weighted by atomic mass is 9.61. The van der Waals surface area contributed by atoms with Crippen molar-refractivity contribution in [1.82, 2.24) is 14.7 Å². The first-order chi connectivity index (χ1) is 13.8. The summed E-state index contributed by atoms with van der Waals surface area (Å²) in [6.07, 6.45) is 3.98. The summed E-state index contributed by atoms with van der Waals surface area (Å²) >= 11 is 2.45. The second-order valence-corrected chi connectivity index (χ2v) is 12.4. The minimum absolute atomic E-state index is 0.0198. The number of anilines is 1. The second-order valence-electron chi connectivity index (χ2n) is 11.3. The van der Waals surface area contributed by atoms with Crippen LogP contribution in [0.15, 0.2) is 0 Å². The van der Waals surface area contributed by atoms with Gasteiger partial charge in [-0.1, -0.05) is 0 Å². The molecule has 1 unspecified atom stereocenters. The van der Waals surface area contributed by atoms with Gasteiger partial charge in [-0.15, -0.1) is 0 Å². The fourth-order valence-electron chi connectivity index (χ4n) is 5.45. The highest BCUT2D eigenvalue weighted by molar-refractivity contribution is 14.1. The van der Waals surface area contributed by atoms with Crippen molar-refractivity contribution < 1.29 is 9.53 Å². The molecule has 1 saturated carbocycles. The van der Waals surface area contributed by atoms with Gasteiger partial charge in [0, 0.05) is 36.6 Å². The highest BCUT2D eigenvalue weighted by Crippen LogP contribution is 2.55. The molecule has 2 aliphatic heterocycles. The maximum Gasteiger partial charge on any atom is 0.410 e. The van der Waals surface area contributed by atoms with E-state index in [-0.39, 0.29) is 23.1 Å². The van der Waals surface area contributed by atoms with Crippen LogP contribution in [0.4, 0.5) is 10.6 Å². The molecule has 1 amide bonds. The molecule has 1 atom stereocenters. The number of aromatic nitrogens is 2. The minimum Gasteiger partial charge on any atom is -0.444 e. The summed E-state index contributed by atoms with van der Waals surface area (Å²) in [5, 5.41) is 5.09. The van der Waals surface area contributed by atoms with E-state index in [1.54, 1.807) is 0 Å². The number of hydrogen-bond donors (Lipinski definition) is 1. The van der Waals surface area contributed by atoms with Gasteiger partial charge >= 0.3 is 6.09 Å². The lowest BCUT2D eigenvalue weighted by Crippen LogP contribution is -2.64. The molecule has 0 aromatic carbocycles. The van der Waals surface area contributed by atoms with E-state index in [4.69, 9.17) is 15.6 Å². The Hall–Kier alpha value is -1.03. The number of carbonyl (C=O) groups excluding carboxylic acids is 1. The molecule has 2 saturated heterocycles. The first-order valence-electron chi connectivity index (χ1n) is 11.1. The number of ether oxygens (including phenoxy) is 1. The van der Waals surface area contributed by atoms with Crippen LogP contribution in [0, 0.1) is 15.9 Å². The van der Waals surface area contributed by atoms with E-state index < -0.39 is 5.60 Å². The Morgan fingerprint density at radius 1 is 1.23 bits per heavy atom. The number of nitrogens with two attached hydrogens (primary N) is 1. The summed E-state index contributed by atoms with van der Waals surface area (Å²) in [7, 11) is 0. The number of piperidine rings is 1. The van der Waals surface area contributed by atoms with Gasteiger partial charge in [-0.3, -0.25) is 4.68 Å². The number of hydrogen-bond acceptors (Lipinski definition) is 5. The van der Waals surface area contributed by atoms with E-state index in [0.717, 1.165) is 51.1 Å². The van der Waals surface area contributed by atoms with Crippen molar-refractivity contribution in [2.45, 2.75) is 90.4 Å². The number of likely N-dealkylation sites (tertiary alicyclic amines) is 1. The Morgan fingerprint density at radius 3 is 2.43 bits per heavy atom. The quantitative estimate of drug-likeness (QED) is 0.585. The molecular weight excluding hydrogens is 493 g/mol. The SMILES string of the molecule is Cc1c(I)c(N2CCC(N)CC2(C)C)nn1C1CC2(C1)CN(C(=O)OC(C)(C)C)C2. The Kier molecular flexibility index (Phi) is 5.36. The normalized spacial score (nSPS) is 25.8. The fourth-order valence-corrected chi connectivity index (χ4v) is 6.09. The molecular formula is C22H36IN5O2. The van der Waals surface area contributed by atoms with Crippen LogP contribution in [0.2, 0.25) is 0 Å². The van der Waals surface area contributed by atoms with Crippen LogP contribution in [-0.2, 0) is 4.74 Å². The van der Waals surface area contributed by atoms with E-state index in [1.165, 1.54) is 9.26 Å². The molecule has 7 nitrogen and oxygen atoms in total. The molecule has 8 heteroatoms. The van der Waals surface area contributed by atoms with Gasteiger partial charge in [0.15, 0.2) is 5.82 Å². The van der Waals surface area contributed by atoms with Crippen molar-refractivity contribution in [3.63, 3.8) is 0 Å². The standard InChI is InChI=1S/C22H36IN5O2/c1-14-17(23)18(27-8-7-15(24)9-21(27,5)6)25-28(14)16-10-22(11-16)12-26(13-22)19(29)30-20(2,3)4/h15-16H,7-13,24H2,1-6H3. The van der Waals surface area contributed by atoms with Crippen LogP contribution in [0.25, 0.3) is 0 Å². The number of rotatable bonds is 2. The van der Waals surface area contributed by atoms with Crippen LogP contribution < -0.4 is 10.6 Å². The largest absolute Gasteiger partial charge is 0.444 e. The summed E-state index contributed by atoms with van der Waals surface area (Å²) in [4.78, 5) is 16.5. The Morgan fingerprint density at radius 2 is 1.87 bits per heavy atom. The van der Waals surface area contributed by atoms with Gasteiger partial charge in [-0.05, 0) is 89.8 Å². The Bertz CT molecular complexity index is 829. The molecule has 3 heterocycles. The number of nitrogens with zero attached hydrogens (tertiary/aromatic N) is 4. The summed E-state index contributed by atoms with van der Waals surface area (Å²) in [5.41, 5.74) is 7.31. The summed E-state index contributed by atoms with van der Waals surface area (Å²) < 4.78 is 8.99. The predicted molar refractivity (Wildman–Crippen MR) is 127 cm³/mol. The van der Waals surface area contributed by atoms with Crippen LogP contribution in [-0.4, -0.2) is 57.6 Å². The average molecular weight is 529 g/mol. The summed E-state index contributed by atoms with van der Waals surface area (Å²) in [6, 6.07) is 0.693. The van der Waals surface area contributed by atoms with Gasteiger partial charge in [-0.2, -0.15) is 5.10 Å². The first kappa shape index (κ1) is 22.2. The van der Waals surface area contributed by atoms with E-state index in [0.29, 0.717) is 6.04 Å². The van der Waals surface area contributed by atoms with Crippen molar-refractivity contribution in [3.05, 3.63) is 9.26 Å². The number of halogens is 1. The monoisotopic (exact) mass is 529 g/mol. The van der Waals surface area contributed by atoms with Crippen LogP contribution in [0.3, 0.4) is 0 Å². The van der Waals surface area contributed by atoms with Gasteiger partial charge in [0.1, 0.15) is 5.60 Å². The highest BCUT2D eigenvalue weighted by Gasteiger charge is 2.55. The average Bonchev–Trinajstić information content (AvgIpc) is 2.78. The molecule has 0 bridgehead atoms. The van der Waals surface area contributed by atoms with Crippen molar-refractivity contribution in [2.75, 3.05) is 24.5 Å². The molecule has 1 spiro atoms. The number of carbonyl (C=O) groups is 1. The van der Waals surface area contributed by atoms with Crippen molar-refractivity contribution in [1.29, 1.82) is 0 Å². The molecule has 168 valence electrons. The van der Waals surface area contributed by atoms with Gasteiger partial charge in [0.25, 0.3) is 0 Å². The molecule has 1 aromatic rings. The van der Waals surface area contributed by atoms with Crippen molar-refractivity contribution in [3.8, 4) is 0 Å². The topological polar surface area (TPSA) is 76.6 Å². The minimum atomic E-state index is -0.437. The van der Waals surface area contributed by atoms with Gasteiger partial charge in [0.2, 0.25) is 0 Å². The molecule has 1 aromatic heterocycles. The zero-order valence-corrected chi connectivity index (χ0v) is 21.3. The second kappa shape index (κ2) is 7.25. The molecule has 3 aliphatic rings. The molecule has 1 aliphatic carbocycles. The molecule has 2 N–H and O–H groups in total. The molecule has 4 rings (SSSR count). The van der Waals surface area contributed by atoms with E-state index in [9.17, 15) is 4.79 Å². The van der Waals surface area contributed by atoms with Crippen LogP contribution in [0.1, 0.15) is 72.0 Å². The lowest BCUT2D eigenvalue weighted by molar-refractivity contribution is -0.0931. The highest BCUT2D eigenvalue weighted by atomic mass is 127. The maximum absolute atomic E-state index is 12.3. The van der Waals surface area contributed by atoms with Crippen molar-refractivity contribution in [2.24, 2.45) is 11.1 Å². The van der Waals surface area contributed by atoms with E-state index in [1.807, 2.05) is 25.7 Å². The third-order valence-electron chi connectivity index (χ3n) is 6.92.